The van der Waals surface area contributed by atoms with Crippen molar-refractivity contribution in [3.63, 3.8) is 0 Å². The van der Waals surface area contributed by atoms with Crippen LogP contribution in [0.15, 0.2) is 30.6 Å². The van der Waals surface area contributed by atoms with Gasteiger partial charge in [0.2, 0.25) is 0 Å². The van der Waals surface area contributed by atoms with Crippen molar-refractivity contribution < 1.29 is 0 Å². The van der Waals surface area contributed by atoms with Crippen LogP contribution >= 0.6 is 0 Å². The summed E-state index contributed by atoms with van der Waals surface area (Å²) in [6.07, 6.45) is 3.58. The van der Waals surface area contributed by atoms with Crippen LogP contribution in [0.25, 0.3) is 22.4 Å². The summed E-state index contributed by atoms with van der Waals surface area (Å²) in [6, 6.07) is 8.01. The SMILES string of the molecule is CC(C)n1c(-c2cn[nH]c2)nc2cc(C#N)ccc21. The molecule has 3 rings (SSSR count). The van der Waals surface area contributed by atoms with Gasteiger partial charge in [-0.05, 0) is 32.0 Å². The normalized spacial score (nSPS) is 11.1. The van der Waals surface area contributed by atoms with Crippen LogP contribution in [0.2, 0.25) is 0 Å². The number of rotatable bonds is 2. The van der Waals surface area contributed by atoms with Crippen molar-refractivity contribution in [2.75, 3.05) is 0 Å². The summed E-state index contributed by atoms with van der Waals surface area (Å²) in [5.41, 5.74) is 3.44. The minimum absolute atomic E-state index is 0.280. The molecule has 0 unspecified atom stereocenters. The van der Waals surface area contributed by atoms with Crippen LogP contribution < -0.4 is 0 Å². The van der Waals surface area contributed by atoms with Gasteiger partial charge in [-0.3, -0.25) is 5.10 Å². The van der Waals surface area contributed by atoms with Crippen molar-refractivity contribution in [2.24, 2.45) is 0 Å². The summed E-state index contributed by atoms with van der Waals surface area (Å²) in [5.74, 6) is 0.869. The fourth-order valence-electron chi connectivity index (χ4n) is 2.27. The van der Waals surface area contributed by atoms with Gasteiger partial charge in [-0.1, -0.05) is 0 Å². The molecule has 2 aromatic heterocycles. The van der Waals surface area contributed by atoms with Gasteiger partial charge in [-0.15, -0.1) is 0 Å². The monoisotopic (exact) mass is 251 g/mol. The van der Waals surface area contributed by atoms with Crippen molar-refractivity contribution in [3.8, 4) is 17.5 Å². The lowest BCUT2D eigenvalue weighted by atomic mass is 10.2. The van der Waals surface area contributed by atoms with Crippen LogP contribution in [-0.4, -0.2) is 19.7 Å². The Kier molecular flexibility index (Phi) is 2.57. The Labute approximate surface area is 110 Å². The Bertz CT molecular complexity index is 759. The van der Waals surface area contributed by atoms with Gasteiger partial charge in [0.05, 0.1) is 34.4 Å². The average molecular weight is 251 g/mol. The molecule has 3 aromatic rings. The Morgan fingerprint density at radius 3 is 2.84 bits per heavy atom. The van der Waals surface area contributed by atoms with Crippen LogP contribution in [-0.2, 0) is 0 Å². The summed E-state index contributed by atoms with van der Waals surface area (Å²) >= 11 is 0. The van der Waals surface area contributed by atoms with E-state index in [1.807, 2.05) is 24.4 Å². The molecule has 2 heterocycles. The van der Waals surface area contributed by atoms with Crippen LogP contribution in [0, 0.1) is 11.3 Å². The lowest BCUT2D eigenvalue weighted by Gasteiger charge is -2.11. The van der Waals surface area contributed by atoms with Gasteiger partial charge >= 0.3 is 0 Å². The summed E-state index contributed by atoms with van der Waals surface area (Å²) < 4.78 is 2.15. The van der Waals surface area contributed by atoms with Crippen LogP contribution in [0.3, 0.4) is 0 Å². The van der Waals surface area contributed by atoms with Crippen molar-refractivity contribution in [1.82, 2.24) is 19.7 Å². The van der Waals surface area contributed by atoms with Gasteiger partial charge in [0.15, 0.2) is 0 Å². The van der Waals surface area contributed by atoms with E-state index in [4.69, 9.17) is 5.26 Å². The predicted octanol–water partition coefficient (Wildman–Crippen LogP) is 2.88. The molecule has 0 saturated carbocycles. The van der Waals surface area contributed by atoms with Gasteiger partial charge in [0.1, 0.15) is 5.82 Å². The molecule has 0 amide bonds. The predicted molar refractivity (Wildman–Crippen MR) is 72.4 cm³/mol. The van der Waals surface area contributed by atoms with E-state index in [9.17, 15) is 0 Å². The molecule has 0 aliphatic carbocycles. The fourth-order valence-corrected chi connectivity index (χ4v) is 2.27. The van der Waals surface area contributed by atoms with E-state index in [0.717, 1.165) is 22.4 Å². The second-order valence-electron chi connectivity index (χ2n) is 4.70. The van der Waals surface area contributed by atoms with E-state index >= 15 is 0 Å². The molecular formula is C14H13N5. The quantitative estimate of drug-likeness (QED) is 0.761. The number of nitrogens with zero attached hydrogens (tertiary/aromatic N) is 4. The number of hydrogen-bond acceptors (Lipinski definition) is 3. The number of fused-ring (bicyclic) bond motifs is 1. The van der Waals surface area contributed by atoms with Crippen LogP contribution in [0.4, 0.5) is 0 Å². The third-order valence-corrected chi connectivity index (χ3v) is 3.09. The van der Waals surface area contributed by atoms with Crippen molar-refractivity contribution in [2.45, 2.75) is 19.9 Å². The minimum Gasteiger partial charge on any atom is -0.321 e. The van der Waals surface area contributed by atoms with E-state index < -0.39 is 0 Å². The number of hydrogen-bond donors (Lipinski definition) is 1. The Morgan fingerprint density at radius 2 is 2.21 bits per heavy atom. The van der Waals surface area contributed by atoms with Crippen molar-refractivity contribution >= 4 is 11.0 Å². The van der Waals surface area contributed by atoms with E-state index in [-0.39, 0.29) is 6.04 Å². The number of aromatic nitrogens is 4. The second kappa shape index (κ2) is 4.25. The zero-order valence-electron chi connectivity index (χ0n) is 10.8. The number of aromatic amines is 1. The largest absolute Gasteiger partial charge is 0.321 e. The summed E-state index contributed by atoms with van der Waals surface area (Å²) in [5, 5.41) is 15.7. The first-order valence-electron chi connectivity index (χ1n) is 6.12. The number of benzene rings is 1. The lowest BCUT2D eigenvalue weighted by Crippen LogP contribution is -2.02. The molecule has 19 heavy (non-hydrogen) atoms. The molecule has 0 radical (unpaired) electrons. The molecule has 0 bridgehead atoms. The molecular weight excluding hydrogens is 238 g/mol. The maximum absolute atomic E-state index is 8.97. The molecule has 0 aliphatic heterocycles. The number of H-pyrrole nitrogens is 1. The third-order valence-electron chi connectivity index (χ3n) is 3.09. The topological polar surface area (TPSA) is 70.3 Å². The lowest BCUT2D eigenvalue weighted by molar-refractivity contribution is 0.624. The summed E-state index contributed by atoms with van der Waals surface area (Å²) in [4.78, 5) is 4.64. The van der Waals surface area contributed by atoms with Crippen molar-refractivity contribution in [1.29, 1.82) is 5.26 Å². The fraction of sp³-hybridized carbons (Fsp3) is 0.214. The highest BCUT2D eigenvalue weighted by atomic mass is 15.1. The summed E-state index contributed by atoms with van der Waals surface area (Å²) in [6.45, 7) is 4.23. The zero-order chi connectivity index (χ0) is 13.4. The molecule has 1 aromatic carbocycles. The van der Waals surface area contributed by atoms with Crippen molar-refractivity contribution in [3.05, 3.63) is 36.2 Å². The molecule has 0 spiro atoms. The van der Waals surface area contributed by atoms with E-state index in [0.29, 0.717) is 5.56 Å². The molecule has 94 valence electrons. The maximum Gasteiger partial charge on any atom is 0.144 e. The molecule has 1 N–H and O–H groups in total. The number of imidazole rings is 1. The highest BCUT2D eigenvalue weighted by Crippen LogP contribution is 2.28. The number of nitriles is 1. The Balaban J connectivity index is 2.33. The first-order chi connectivity index (χ1) is 9.20. The van der Waals surface area contributed by atoms with Gasteiger partial charge in [0.25, 0.3) is 0 Å². The van der Waals surface area contributed by atoms with Gasteiger partial charge in [-0.25, -0.2) is 4.98 Å². The highest BCUT2D eigenvalue weighted by molar-refractivity contribution is 5.82. The van der Waals surface area contributed by atoms with E-state index in [2.05, 4.69) is 39.7 Å². The Morgan fingerprint density at radius 1 is 1.37 bits per heavy atom. The molecule has 5 heteroatoms. The second-order valence-corrected chi connectivity index (χ2v) is 4.70. The third kappa shape index (κ3) is 1.78. The zero-order valence-corrected chi connectivity index (χ0v) is 10.8. The highest BCUT2D eigenvalue weighted by Gasteiger charge is 2.15. The van der Waals surface area contributed by atoms with Gasteiger partial charge < -0.3 is 4.57 Å². The smallest absolute Gasteiger partial charge is 0.144 e. The summed E-state index contributed by atoms with van der Waals surface area (Å²) in [7, 11) is 0. The minimum atomic E-state index is 0.280. The van der Waals surface area contributed by atoms with Gasteiger partial charge in [-0.2, -0.15) is 10.4 Å². The first-order valence-corrected chi connectivity index (χ1v) is 6.12. The number of nitrogens with one attached hydrogen (secondary N) is 1. The average Bonchev–Trinajstić information content (AvgIpc) is 3.04. The maximum atomic E-state index is 8.97. The van der Waals surface area contributed by atoms with E-state index in [1.165, 1.54) is 0 Å². The molecule has 0 aliphatic rings. The molecule has 5 nitrogen and oxygen atoms in total. The molecule has 0 fully saturated rings. The van der Waals surface area contributed by atoms with Crippen LogP contribution in [0.5, 0.6) is 0 Å². The molecule has 0 saturated heterocycles. The van der Waals surface area contributed by atoms with Crippen LogP contribution in [0.1, 0.15) is 25.5 Å². The van der Waals surface area contributed by atoms with Gasteiger partial charge in [0, 0.05) is 12.2 Å². The standard InChI is InChI=1S/C14H13N5/c1-9(2)19-13-4-3-10(6-15)5-12(13)18-14(19)11-7-16-17-8-11/h3-5,7-9H,1-2H3,(H,16,17). The Hall–Kier alpha value is -2.61. The first kappa shape index (κ1) is 11.5. The van der Waals surface area contributed by atoms with E-state index in [1.54, 1.807) is 6.20 Å². The molecule has 0 atom stereocenters.